The summed E-state index contributed by atoms with van der Waals surface area (Å²) in [5.74, 6) is -1.25. The average molecular weight is 525 g/mol. The Bertz CT molecular complexity index is 1660. The number of benzene rings is 6. The molecule has 6 aromatic carbocycles. The molecule has 0 spiro atoms. The summed E-state index contributed by atoms with van der Waals surface area (Å²) >= 11 is 0. The molecule has 1 aliphatic rings. The van der Waals surface area contributed by atoms with E-state index in [0.717, 1.165) is 65.6 Å². The molecule has 0 unspecified atom stereocenters. The summed E-state index contributed by atoms with van der Waals surface area (Å²) in [7, 11) is 8.20. The van der Waals surface area contributed by atoms with Crippen LogP contribution in [0.5, 0.6) is 0 Å². The molecular formula is C36H32N2O2-2. The Balaban J connectivity index is 1.47. The summed E-state index contributed by atoms with van der Waals surface area (Å²) in [6, 6.07) is 32.9. The van der Waals surface area contributed by atoms with Crippen LogP contribution in [0.2, 0.25) is 0 Å². The number of hydrogen-bond donors (Lipinski definition) is 0. The van der Waals surface area contributed by atoms with E-state index in [1.807, 2.05) is 76.7 Å². The normalized spacial score (nSPS) is 20.8. The molecule has 0 N–H and O–H groups in total. The third kappa shape index (κ3) is 3.39. The van der Waals surface area contributed by atoms with Crippen molar-refractivity contribution in [3.8, 4) is 0 Å². The molecule has 0 aliphatic heterocycles. The highest BCUT2D eigenvalue weighted by atomic mass is 16.3. The second-order valence-corrected chi connectivity index (χ2v) is 11.5. The molecule has 4 nitrogen and oxygen atoms in total. The van der Waals surface area contributed by atoms with Crippen molar-refractivity contribution in [2.24, 2.45) is 0 Å². The van der Waals surface area contributed by atoms with Crippen LogP contribution < -0.4 is 20.0 Å². The van der Waals surface area contributed by atoms with E-state index in [9.17, 15) is 10.2 Å². The second-order valence-electron chi connectivity index (χ2n) is 11.5. The highest BCUT2D eigenvalue weighted by molar-refractivity contribution is 6.16. The van der Waals surface area contributed by atoms with Gasteiger partial charge in [-0.1, -0.05) is 97.1 Å². The Morgan fingerprint density at radius 1 is 0.400 bits per heavy atom. The Morgan fingerprint density at radius 3 is 0.850 bits per heavy atom. The van der Waals surface area contributed by atoms with E-state index in [4.69, 9.17) is 0 Å². The summed E-state index contributed by atoms with van der Waals surface area (Å²) in [5, 5.41) is 37.2. The monoisotopic (exact) mass is 524 g/mol. The van der Waals surface area contributed by atoms with Crippen LogP contribution >= 0.6 is 0 Å². The van der Waals surface area contributed by atoms with Gasteiger partial charge in [0.25, 0.3) is 0 Å². The van der Waals surface area contributed by atoms with Crippen molar-refractivity contribution in [2.45, 2.75) is 24.0 Å². The molecule has 1 fully saturated rings. The van der Waals surface area contributed by atoms with E-state index in [0.29, 0.717) is 0 Å². The van der Waals surface area contributed by atoms with E-state index >= 15 is 0 Å². The zero-order valence-corrected chi connectivity index (χ0v) is 23.3. The van der Waals surface area contributed by atoms with Gasteiger partial charge in [-0.25, -0.2) is 0 Å². The molecule has 4 heteroatoms. The highest BCUT2D eigenvalue weighted by Crippen LogP contribution is 2.54. The van der Waals surface area contributed by atoms with Crippen molar-refractivity contribution >= 4 is 54.5 Å². The maximum atomic E-state index is 14.4. The summed E-state index contributed by atoms with van der Waals surface area (Å²) in [5.41, 5.74) is 4.05. The molecule has 0 heterocycles. The number of anilines is 2. The fourth-order valence-electron chi connectivity index (χ4n) is 7.29. The minimum Gasteiger partial charge on any atom is -0.851 e. The summed E-state index contributed by atoms with van der Waals surface area (Å²) in [6.45, 7) is 0. The molecule has 1 aliphatic carbocycles. The maximum Gasteiger partial charge on any atom is 0.0520 e. The highest BCUT2D eigenvalue weighted by Gasteiger charge is 2.41. The molecule has 0 saturated heterocycles. The molecular weight excluding hydrogens is 492 g/mol. The summed E-state index contributed by atoms with van der Waals surface area (Å²) < 4.78 is 0. The van der Waals surface area contributed by atoms with Crippen LogP contribution in [-0.2, 0) is 0 Å². The molecule has 0 amide bonds. The third-order valence-electron chi connectivity index (χ3n) is 8.87. The Hall–Kier alpha value is -4.12. The van der Waals surface area contributed by atoms with Gasteiger partial charge < -0.3 is 20.0 Å². The van der Waals surface area contributed by atoms with Crippen molar-refractivity contribution in [3.63, 3.8) is 0 Å². The maximum absolute atomic E-state index is 14.4. The van der Waals surface area contributed by atoms with Crippen molar-refractivity contribution in [3.05, 3.63) is 108 Å². The Kier molecular flexibility index (Phi) is 5.74. The lowest BCUT2D eigenvalue weighted by Crippen LogP contribution is -2.63. The second kappa shape index (κ2) is 9.22. The molecule has 6 aromatic rings. The number of hydrogen-bond acceptors (Lipinski definition) is 4. The van der Waals surface area contributed by atoms with Gasteiger partial charge >= 0.3 is 0 Å². The summed E-state index contributed by atoms with van der Waals surface area (Å²) in [6.07, 6.45) is -2.09. The van der Waals surface area contributed by atoms with Crippen LogP contribution in [0.4, 0.5) is 11.4 Å². The van der Waals surface area contributed by atoms with Crippen molar-refractivity contribution < 1.29 is 10.2 Å². The van der Waals surface area contributed by atoms with E-state index in [1.54, 1.807) is 0 Å². The van der Waals surface area contributed by atoms with Gasteiger partial charge in [0.15, 0.2) is 0 Å². The van der Waals surface area contributed by atoms with Gasteiger partial charge in [-0.05, 0) is 44.5 Å². The van der Waals surface area contributed by atoms with Crippen molar-refractivity contribution in [1.29, 1.82) is 0 Å². The van der Waals surface area contributed by atoms with Crippen LogP contribution in [0.3, 0.4) is 0 Å². The van der Waals surface area contributed by atoms with Gasteiger partial charge in [-0.15, -0.1) is 12.2 Å². The minimum atomic E-state index is -1.04. The lowest BCUT2D eigenvalue weighted by atomic mass is 9.60. The molecule has 1 saturated carbocycles. The quantitative estimate of drug-likeness (QED) is 0.275. The average Bonchev–Trinajstić information content (AvgIpc) is 2.96. The molecule has 7 rings (SSSR count). The first-order valence-electron chi connectivity index (χ1n) is 13.9. The first-order chi connectivity index (χ1) is 19.4. The Labute approximate surface area is 234 Å². The van der Waals surface area contributed by atoms with Crippen molar-refractivity contribution in [2.75, 3.05) is 38.0 Å². The van der Waals surface area contributed by atoms with E-state index < -0.39 is 24.0 Å². The zero-order valence-electron chi connectivity index (χ0n) is 23.3. The molecule has 40 heavy (non-hydrogen) atoms. The predicted molar refractivity (Wildman–Crippen MR) is 165 cm³/mol. The largest absolute Gasteiger partial charge is 0.851 e. The van der Waals surface area contributed by atoms with E-state index in [1.165, 1.54) is 0 Å². The van der Waals surface area contributed by atoms with E-state index in [-0.39, 0.29) is 0 Å². The minimum absolute atomic E-state index is 0.623. The van der Waals surface area contributed by atoms with Gasteiger partial charge in [-0.2, -0.15) is 0 Å². The standard InChI is InChI=1S/C36H32N2O2/c1-37(2)33-25-17-9-5-13-21(25)29(22-14-6-10-18-26(22)33)31-35(39)32(36(31)40)30-23-15-7-11-19-27(23)34(38(3)4)28-20-12-8-16-24(28)30/h5-20,31-32,35-36H,1-4H3/q-2. The van der Waals surface area contributed by atoms with E-state index in [2.05, 4.69) is 58.3 Å². The van der Waals surface area contributed by atoms with Gasteiger partial charge in [0, 0.05) is 49.7 Å². The lowest BCUT2D eigenvalue weighted by molar-refractivity contribution is -0.535. The van der Waals surface area contributed by atoms with Gasteiger partial charge in [0.2, 0.25) is 0 Å². The topological polar surface area (TPSA) is 52.6 Å². The SMILES string of the molecule is CN(C)c1c2ccccc2c(C2C([O-])C(c3c4ccccc4c(N(C)C)c4ccccc34)C2[O-])c2ccccc12. The first kappa shape index (κ1) is 24.9. The smallest absolute Gasteiger partial charge is 0.0520 e. The molecule has 0 atom stereocenters. The molecule has 0 bridgehead atoms. The summed E-state index contributed by atoms with van der Waals surface area (Å²) in [4.78, 5) is 4.26. The van der Waals surface area contributed by atoms with Gasteiger partial charge in [-0.3, -0.25) is 0 Å². The van der Waals surface area contributed by atoms with Gasteiger partial charge in [0.05, 0.1) is 11.4 Å². The van der Waals surface area contributed by atoms with Crippen LogP contribution in [0.25, 0.3) is 43.1 Å². The van der Waals surface area contributed by atoms with Crippen molar-refractivity contribution in [1.82, 2.24) is 0 Å². The number of rotatable bonds is 4. The van der Waals surface area contributed by atoms with Crippen LogP contribution in [-0.4, -0.2) is 40.4 Å². The molecule has 0 radical (unpaired) electrons. The first-order valence-corrected chi connectivity index (χ1v) is 13.9. The van der Waals surface area contributed by atoms with Crippen LogP contribution in [0.15, 0.2) is 97.1 Å². The molecule has 0 aromatic heterocycles. The van der Waals surface area contributed by atoms with Crippen LogP contribution in [0.1, 0.15) is 23.0 Å². The Morgan fingerprint density at radius 2 is 0.625 bits per heavy atom. The van der Waals surface area contributed by atoms with Crippen LogP contribution in [0, 0.1) is 0 Å². The van der Waals surface area contributed by atoms with Gasteiger partial charge in [0.1, 0.15) is 0 Å². The number of fused-ring (bicyclic) bond motifs is 4. The third-order valence-corrected chi connectivity index (χ3v) is 8.87. The lowest BCUT2D eigenvalue weighted by Gasteiger charge is -2.62. The number of nitrogens with zero attached hydrogens (tertiary/aromatic N) is 2. The molecule has 200 valence electrons. The zero-order chi connectivity index (χ0) is 27.7. The fraction of sp³-hybridized carbons (Fsp3) is 0.222. The predicted octanol–water partition coefficient (Wildman–Crippen LogP) is 5.77. The fourth-order valence-corrected chi connectivity index (χ4v) is 7.29.